The fraction of sp³-hybridized carbons (Fsp3) is 0.562. The molecular formula is C16H23NO5S. The third-order valence-electron chi connectivity index (χ3n) is 4.15. The van der Waals surface area contributed by atoms with Gasteiger partial charge in [0.25, 0.3) is 10.1 Å². The highest BCUT2D eigenvalue weighted by atomic mass is 32.2. The van der Waals surface area contributed by atoms with Gasteiger partial charge >= 0.3 is 5.97 Å². The molecule has 0 atom stereocenters. The molecule has 1 aliphatic heterocycles. The van der Waals surface area contributed by atoms with Crippen molar-refractivity contribution in [3.05, 3.63) is 29.3 Å². The molecule has 1 N–H and O–H groups in total. The van der Waals surface area contributed by atoms with E-state index in [0.717, 1.165) is 17.8 Å². The maximum Gasteiger partial charge on any atom is 0.337 e. The maximum atomic E-state index is 11.7. The van der Waals surface area contributed by atoms with Crippen molar-refractivity contribution in [2.45, 2.75) is 32.1 Å². The van der Waals surface area contributed by atoms with Crippen molar-refractivity contribution in [1.29, 1.82) is 0 Å². The molecular weight excluding hydrogens is 318 g/mol. The van der Waals surface area contributed by atoms with Crippen LogP contribution in [0.1, 0.15) is 42.6 Å². The standard InChI is InChI=1S/C16H23NO5S/c1-16(2)11-17(8-4-5-9-23(19,20)21)14-7-6-12(10-13(14)16)15(18)22-3/h6-7,10H,4-5,8-9,11H2,1-3H3,(H,19,20,21). The quantitative estimate of drug-likeness (QED) is 0.485. The molecule has 0 unspecified atom stereocenters. The highest BCUT2D eigenvalue weighted by Gasteiger charge is 2.35. The number of nitrogens with zero attached hydrogens (tertiary/aromatic N) is 1. The van der Waals surface area contributed by atoms with E-state index in [9.17, 15) is 13.2 Å². The number of fused-ring (bicyclic) bond motifs is 1. The third kappa shape index (κ3) is 4.23. The van der Waals surface area contributed by atoms with Gasteiger partial charge in [-0.3, -0.25) is 4.55 Å². The van der Waals surface area contributed by atoms with E-state index < -0.39 is 10.1 Å². The van der Waals surface area contributed by atoms with Gasteiger partial charge in [0.15, 0.2) is 0 Å². The van der Waals surface area contributed by atoms with Crippen LogP contribution in [0.2, 0.25) is 0 Å². The highest BCUT2D eigenvalue weighted by molar-refractivity contribution is 7.85. The molecule has 128 valence electrons. The van der Waals surface area contributed by atoms with E-state index in [1.54, 1.807) is 6.07 Å². The Morgan fingerprint density at radius 2 is 2.04 bits per heavy atom. The number of rotatable bonds is 6. The summed E-state index contributed by atoms with van der Waals surface area (Å²) in [6.45, 7) is 5.75. The van der Waals surface area contributed by atoms with Gasteiger partial charge in [-0.05, 0) is 36.6 Å². The van der Waals surface area contributed by atoms with Crippen LogP contribution in [-0.2, 0) is 20.3 Å². The minimum absolute atomic E-state index is 0.0948. The first kappa shape index (κ1) is 17.7. The summed E-state index contributed by atoms with van der Waals surface area (Å²) in [5.41, 5.74) is 2.60. The summed E-state index contributed by atoms with van der Waals surface area (Å²) in [6, 6.07) is 5.54. The number of unbranched alkanes of at least 4 members (excludes halogenated alkanes) is 1. The highest BCUT2D eigenvalue weighted by Crippen LogP contribution is 2.41. The normalized spacial score (nSPS) is 16.3. The predicted octanol–water partition coefficient (Wildman–Crippen LogP) is 2.24. The Balaban J connectivity index is 2.11. The molecule has 2 rings (SSSR count). The Kier molecular flexibility index (Phi) is 5.01. The minimum Gasteiger partial charge on any atom is -0.465 e. The van der Waals surface area contributed by atoms with Crippen LogP contribution < -0.4 is 4.90 Å². The van der Waals surface area contributed by atoms with Gasteiger partial charge in [-0.1, -0.05) is 13.8 Å². The van der Waals surface area contributed by atoms with E-state index in [4.69, 9.17) is 9.29 Å². The lowest BCUT2D eigenvalue weighted by Gasteiger charge is -2.22. The maximum absolute atomic E-state index is 11.7. The van der Waals surface area contributed by atoms with E-state index in [2.05, 4.69) is 18.7 Å². The minimum atomic E-state index is -3.89. The van der Waals surface area contributed by atoms with Crippen molar-refractivity contribution in [3.63, 3.8) is 0 Å². The summed E-state index contributed by atoms with van der Waals surface area (Å²) in [7, 11) is -2.53. The molecule has 23 heavy (non-hydrogen) atoms. The lowest BCUT2D eigenvalue weighted by Crippen LogP contribution is -2.29. The molecule has 0 radical (unpaired) electrons. The molecule has 7 heteroatoms. The lowest BCUT2D eigenvalue weighted by atomic mass is 9.86. The Morgan fingerprint density at radius 1 is 1.35 bits per heavy atom. The van der Waals surface area contributed by atoms with E-state index >= 15 is 0 Å². The molecule has 1 aromatic rings. The number of anilines is 1. The van der Waals surface area contributed by atoms with Gasteiger partial charge in [-0.25, -0.2) is 4.79 Å². The molecule has 1 heterocycles. The van der Waals surface area contributed by atoms with Crippen LogP contribution >= 0.6 is 0 Å². The van der Waals surface area contributed by atoms with Crippen molar-refractivity contribution < 1.29 is 22.5 Å². The second kappa shape index (κ2) is 6.49. The van der Waals surface area contributed by atoms with Crippen molar-refractivity contribution >= 4 is 21.8 Å². The largest absolute Gasteiger partial charge is 0.465 e. The summed E-state index contributed by atoms with van der Waals surface area (Å²) in [4.78, 5) is 13.9. The van der Waals surface area contributed by atoms with Gasteiger partial charge in [0.1, 0.15) is 0 Å². The number of ether oxygens (including phenoxy) is 1. The predicted molar refractivity (Wildman–Crippen MR) is 88.7 cm³/mol. The van der Waals surface area contributed by atoms with Crippen LogP contribution in [0.3, 0.4) is 0 Å². The number of carbonyl (C=O) groups is 1. The summed E-state index contributed by atoms with van der Waals surface area (Å²) >= 11 is 0. The summed E-state index contributed by atoms with van der Waals surface area (Å²) in [5, 5.41) is 0. The Hall–Kier alpha value is -1.60. The molecule has 0 saturated carbocycles. The topological polar surface area (TPSA) is 83.9 Å². The van der Waals surface area contributed by atoms with E-state index in [1.807, 2.05) is 12.1 Å². The van der Waals surface area contributed by atoms with E-state index in [0.29, 0.717) is 24.9 Å². The van der Waals surface area contributed by atoms with Crippen molar-refractivity contribution in [2.75, 3.05) is 30.9 Å². The zero-order valence-electron chi connectivity index (χ0n) is 13.7. The zero-order chi connectivity index (χ0) is 17.3. The molecule has 0 aliphatic carbocycles. The summed E-state index contributed by atoms with van der Waals surface area (Å²) in [6.07, 6.45) is 1.10. The van der Waals surface area contributed by atoms with Crippen LogP contribution in [-0.4, -0.2) is 44.9 Å². The zero-order valence-corrected chi connectivity index (χ0v) is 14.5. The second-order valence-corrected chi connectivity index (χ2v) is 8.09. The van der Waals surface area contributed by atoms with E-state index in [1.165, 1.54) is 7.11 Å². The fourth-order valence-electron chi connectivity index (χ4n) is 3.03. The average Bonchev–Trinajstić information content (AvgIpc) is 2.72. The lowest BCUT2D eigenvalue weighted by molar-refractivity contribution is 0.0600. The molecule has 0 amide bonds. The molecule has 1 aromatic carbocycles. The van der Waals surface area contributed by atoms with Crippen LogP contribution in [0.4, 0.5) is 5.69 Å². The molecule has 0 aromatic heterocycles. The molecule has 0 fully saturated rings. The van der Waals surface area contributed by atoms with Crippen molar-refractivity contribution in [3.8, 4) is 0 Å². The molecule has 0 saturated heterocycles. The van der Waals surface area contributed by atoms with Crippen molar-refractivity contribution in [2.24, 2.45) is 0 Å². The van der Waals surface area contributed by atoms with Gasteiger partial charge in [0, 0.05) is 24.2 Å². The molecule has 6 nitrogen and oxygen atoms in total. The Morgan fingerprint density at radius 3 is 2.65 bits per heavy atom. The van der Waals surface area contributed by atoms with E-state index in [-0.39, 0.29) is 17.1 Å². The fourth-order valence-corrected chi connectivity index (χ4v) is 3.60. The van der Waals surface area contributed by atoms with Gasteiger partial charge in [-0.15, -0.1) is 0 Å². The van der Waals surface area contributed by atoms with Gasteiger partial charge in [-0.2, -0.15) is 8.42 Å². The van der Waals surface area contributed by atoms with Crippen LogP contribution in [0.15, 0.2) is 18.2 Å². The van der Waals surface area contributed by atoms with Crippen LogP contribution in [0.5, 0.6) is 0 Å². The first-order valence-electron chi connectivity index (χ1n) is 7.57. The Labute approximate surface area is 137 Å². The third-order valence-corrected chi connectivity index (χ3v) is 4.96. The van der Waals surface area contributed by atoms with Crippen LogP contribution in [0, 0.1) is 0 Å². The molecule has 0 bridgehead atoms. The number of hydrogen-bond acceptors (Lipinski definition) is 5. The summed E-state index contributed by atoms with van der Waals surface area (Å²) < 4.78 is 35.1. The van der Waals surface area contributed by atoms with Gasteiger partial charge in [0.05, 0.1) is 18.4 Å². The monoisotopic (exact) mass is 341 g/mol. The smallest absolute Gasteiger partial charge is 0.337 e. The molecule has 0 spiro atoms. The SMILES string of the molecule is COC(=O)c1ccc2c(c1)C(C)(C)CN2CCCCS(=O)(=O)O. The van der Waals surface area contributed by atoms with Crippen molar-refractivity contribution in [1.82, 2.24) is 0 Å². The first-order chi connectivity index (χ1) is 10.6. The van der Waals surface area contributed by atoms with Gasteiger partial charge < -0.3 is 9.64 Å². The average molecular weight is 341 g/mol. The summed E-state index contributed by atoms with van der Waals surface area (Å²) in [5.74, 6) is -0.562. The Bertz CT molecular complexity index is 696. The molecule has 1 aliphatic rings. The van der Waals surface area contributed by atoms with Crippen LogP contribution in [0.25, 0.3) is 0 Å². The number of esters is 1. The second-order valence-electron chi connectivity index (χ2n) is 6.52. The van der Waals surface area contributed by atoms with Gasteiger partial charge in [0.2, 0.25) is 0 Å². The number of benzene rings is 1. The number of methoxy groups -OCH3 is 1. The number of carbonyl (C=O) groups excluding carboxylic acids is 1. The number of hydrogen-bond donors (Lipinski definition) is 1. The first-order valence-corrected chi connectivity index (χ1v) is 9.18.